The van der Waals surface area contributed by atoms with E-state index in [2.05, 4.69) is 31.3 Å². The summed E-state index contributed by atoms with van der Waals surface area (Å²) in [5.41, 5.74) is 2.22. The summed E-state index contributed by atoms with van der Waals surface area (Å²) in [5.74, 6) is -1.27. The fourth-order valence-corrected chi connectivity index (χ4v) is 2.79. The molecule has 1 N–H and O–H groups in total. The summed E-state index contributed by atoms with van der Waals surface area (Å²) in [6.45, 7) is 5.75. The number of benzene rings is 2. The second kappa shape index (κ2) is 9.88. The number of hydrogen-bond donors (Lipinski definition) is 1. The van der Waals surface area contributed by atoms with Crippen LogP contribution >= 0.6 is 0 Å². The zero-order valence-corrected chi connectivity index (χ0v) is 16.6. The van der Waals surface area contributed by atoms with Crippen molar-refractivity contribution in [2.24, 2.45) is 5.92 Å². The van der Waals surface area contributed by atoms with Gasteiger partial charge in [0.15, 0.2) is 18.2 Å². The van der Waals surface area contributed by atoms with Crippen LogP contribution in [0.4, 0.5) is 4.39 Å². The molecule has 5 nitrogen and oxygen atoms in total. The Labute approximate surface area is 164 Å². The number of methoxy groups -OCH3 is 1. The number of esters is 1. The number of carbonyl (C=O) groups is 2. The number of carbonyl (C=O) groups excluding carboxylic acids is 2. The van der Waals surface area contributed by atoms with Gasteiger partial charge in [0.2, 0.25) is 0 Å². The second-order valence-electron chi connectivity index (χ2n) is 7.05. The molecule has 2 aromatic rings. The molecule has 2 aromatic carbocycles. The molecule has 0 spiro atoms. The van der Waals surface area contributed by atoms with Crippen molar-refractivity contribution in [3.8, 4) is 5.75 Å². The number of halogens is 1. The highest BCUT2D eigenvalue weighted by atomic mass is 19.1. The fraction of sp³-hybridized carbons (Fsp3) is 0.364. The van der Waals surface area contributed by atoms with E-state index in [0.29, 0.717) is 5.92 Å². The average Bonchev–Trinajstić information content (AvgIpc) is 2.66. The van der Waals surface area contributed by atoms with Crippen LogP contribution in [0.1, 0.15) is 48.3 Å². The van der Waals surface area contributed by atoms with Crippen molar-refractivity contribution in [3.63, 3.8) is 0 Å². The Balaban J connectivity index is 1.86. The lowest BCUT2D eigenvalue weighted by Gasteiger charge is -2.15. The summed E-state index contributed by atoms with van der Waals surface area (Å²) in [6.07, 6.45) is 1.00. The molecule has 0 aliphatic heterocycles. The van der Waals surface area contributed by atoms with Gasteiger partial charge in [0.1, 0.15) is 0 Å². The van der Waals surface area contributed by atoms with Crippen LogP contribution in [0.25, 0.3) is 0 Å². The summed E-state index contributed by atoms with van der Waals surface area (Å²) < 4.78 is 23.4. The first-order valence-electron chi connectivity index (χ1n) is 9.19. The molecule has 6 heteroatoms. The minimum atomic E-state index is -0.776. The number of hydrogen-bond acceptors (Lipinski definition) is 4. The maximum Gasteiger partial charge on any atom is 0.338 e. The predicted molar refractivity (Wildman–Crippen MR) is 105 cm³/mol. The van der Waals surface area contributed by atoms with Crippen LogP contribution in [0.2, 0.25) is 0 Å². The van der Waals surface area contributed by atoms with Crippen LogP contribution in [-0.4, -0.2) is 25.6 Å². The Morgan fingerprint density at radius 1 is 1.07 bits per heavy atom. The molecule has 0 radical (unpaired) electrons. The van der Waals surface area contributed by atoms with E-state index in [4.69, 9.17) is 9.47 Å². The van der Waals surface area contributed by atoms with Crippen molar-refractivity contribution in [1.29, 1.82) is 0 Å². The number of ether oxygens (including phenoxy) is 2. The minimum Gasteiger partial charge on any atom is -0.494 e. The summed E-state index contributed by atoms with van der Waals surface area (Å²) in [5, 5.41) is 2.78. The molecule has 0 fully saturated rings. The van der Waals surface area contributed by atoms with Gasteiger partial charge in [-0.1, -0.05) is 38.1 Å². The molecule has 0 unspecified atom stereocenters. The number of amides is 1. The lowest BCUT2D eigenvalue weighted by Crippen LogP contribution is -2.31. The number of nitrogens with one attached hydrogen (secondary N) is 1. The monoisotopic (exact) mass is 387 g/mol. The van der Waals surface area contributed by atoms with Gasteiger partial charge in [-0.2, -0.15) is 0 Å². The van der Waals surface area contributed by atoms with Gasteiger partial charge in [0, 0.05) is 0 Å². The van der Waals surface area contributed by atoms with Gasteiger partial charge < -0.3 is 14.8 Å². The van der Waals surface area contributed by atoms with Crippen molar-refractivity contribution in [3.05, 3.63) is 65.0 Å². The SMILES string of the molecule is COc1ccc(C(=O)OCC(=O)N[C@H](C)c2ccc(CC(C)C)cc2)cc1F. The summed E-state index contributed by atoms with van der Waals surface area (Å²) in [6, 6.07) is 11.6. The quantitative estimate of drug-likeness (QED) is 0.694. The molecule has 0 aliphatic rings. The van der Waals surface area contributed by atoms with Crippen molar-refractivity contribution < 1.29 is 23.5 Å². The Kier molecular flexibility index (Phi) is 7.55. The maximum atomic E-state index is 13.7. The minimum absolute atomic E-state index is 0.0138. The summed E-state index contributed by atoms with van der Waals surface area (Å²) in [7, 11) is 1.33. The first-order valence-corrected chi connectivity index (χ1v) is 9.19. The Hall–Kier alpha value is -2.89. The van der Waals surface area contributed by atoms with Crippen molar-refractivity contribution in [2.45, 2.75) is 33.2 Å². The molecular formula is C22H26FNO4. The third-order valence-electron chi connectivity index (χ3n) is 4.22. The topological polar surface area (TPSA) is 64.6 Å². The highest BCUT2D eigenvalue weighted by molar-refractivity contribution is 5.91. The normalized spacial score (nSPS) is 11.8. The molecule has 28 heavy (non-hydrogen) atoms. The highest BCUT2D eigenvalue weighted by Gasteiger charge is 2.15. The molecule has 2 rings (SSSR count). The standard InChI is InChI=1S/C22H26FNO4/c1-14(2)11-16-5-7-17(8-6-16)15(3)24-21(25)13-28-22(26)18-9-10-20(27-4)19(23)12-18/h5-10,12,14-15H,11,13H2,1-4H3,(H,24,25)/t15-/m1/s1. The van der Waals surface area contributed by atoms with Crippen LogP contribution in [0.5, 0.6) is 5.75 Å². The van der Waals surface area contributed by atoms with E-state index in [1.807, 2.05) is 19.1 Å². The molecule has 0 aromatic heterocycles. The molecule has 150 valence electrons. The lowest BCUT2D eigenvalue weighted by atomic mass is 10.00. The van der Waals surface area contributed by atoms with Gasteiger partial charge in [-0.05, 0) is 48.6 Å². The number of rotatable bonds is 8. The summed E-state index contributed by atoms with van der Waals surface area (Å²) >= 11 is 0. The third-order valence-corrected chi connectivity index (χ3v) is 4.22. The van der Waals surface area contributed by atoms with E-state index in [1.165, 1.54) is 24.8 Å². The van der Waals surface area contributed by atoms with Crippen molar-refractivity contribution in [2.75, 3.05) is 13.7 Å². The van der Waals surface area contributed by atoms with Crippen LogP contribution in [-0.2, 0) is 16.0 Å². The smallest absolute Gasteiger partial charge is 0.338 e. The van der Waals surface area contributed by atoms with Crippen molar-refractivity contribution >= 4 is 11.9 Å². The van der Waals surface area contributed by atoms with E-state index in [9.17, 15) is 14.0 Å². The summed E-state index contributed by atoms with van der Waals surface area (Å²) in [4.78, 5) is 24.0. The third kappa shape index (κ3) is 6.08. The molecule has 0 heterocycles. The van der Waals surface area contributed by atoms with Crippen LogP contribution in [0.3, 0.4) is 0 Å². The van der Waals surface area contributed by atoms with Gasteiger partial charge in [0.25, 0.3) is 5.91 Å². The van der Waals surface area contributed by atoms with E-state index in [0.717, 1.165) is 18.1 Å². The van der Waals surface area contributed by atoms with E-state index in [1.54, 1.807) is 0 Å². The van der Waals surface area contributed by atoms with Crippen LogP contribution in [0.15, 0.2) is 42.5 Å². The molecule has 0 bridgehead atoms. The van der Waals surface area contributed by atoms with Gasteiger partial charge in [-0.3, -0.25) is 4.79 Å². The molecule has 0 saturated carbocycles. The van der Waals surface area contributed by atoms with E-state index in [-0.39, 0.29) is 17.4 Å². The lowest BCUT2D eigenvalue weighted by molar-refractivity contribution is -0.124. The van der Waals surface area contributed by atoms with Gasteiger partial charge in [-0.25, -0.2) is 9.18 Å². The predicted octanol–water partition coefficient (Wildman–Crippen LogP) is 4.07. The molecule has 1 atom stereocenters. The highest BCUT2D eigenvalue weighted by Crippen LogP contribution is 2.18. The molecule has 0 aliphatic carbocycles. The fourth-order valence-electron chi connectivity index (χ4n) is 2.79. The molecule has 1 amide bonds. The zero-order valence-electron chi connectivity index (χ0n) is 16.6. The van der Waals surface area contributed by atoms with Crippen LogP contribution < -0.4 is 10.1 Å². The first kappa shape index (κ1) is 21.4. The van der Waals surface area contributed by atoms with E-state index < -0.39 is 24.3 Å². The largest absolute Gasteiger partial charge is 0.494 e. The Morgan fingerprint density at radius 3 is 2.32 bits per heavy atom. The Morgan fingerprint density at radius 2 is 1.75 bits per heavy atom. The van der Waals surface area contributed by atoms with Gasteiger partial charge in [0.05, 0.1) is 18.7 Å². The zero-order chi connectivity index (χ0) is 20.7. The molecular weight excluding hydrogens is 361 g/mol. The van der Waals surface area contributed by atoms with Gasteiger partial charge in [-0.15, -0.1) is 0 Å². The second-order valence-corrected chi connectivity index (χ2v) is 7.05. The maximum absolute atomic E-state index is 13.7. The van der Waals surface area contributed by atoms with Crippen LogP contribution in [0, 0.1) is 11.7 Å². The van der Waals surface area contributed by atoms with Gasteiger partial charge >= 0.3 is 5.97 Å². The Bertz CT molecular complexity index is 818. The van der Waals surface area contributed by atoms with Crippen molar-refractivity contribution in [1.82, 2.24) is 5.32 Å². The average molecular weight is 387 g/mol. The van der Waals surface area contributed by atoms with E-state index >= 15 is 0 Å². The first-order chi connectivity index (χ1) is 13.3. The molecule has 0 saturated heterocycles.